The zero-order valence-corrected chi connectivity index (χ0v) is 16.5. The number of piperidine rings is 1. The van der Waals surface area contributed by atoms with Gasteiger partial charge in [-0.3, -0.25) is 4.79 Å². The molecule has 0 bridgehead atoms. The van der Waals surface area contributed by atoms with Crippen molar-refractivity contribution in [1.29, 1.82) is 0 Å². The van der Waals surface area contributed by atoms with Crippen LogP contribution in [0.25, 0.3) is 0 Å². The minimum atomic E-state index is 0.0223. The topological polar surface area (TPSA) is 61.4 Å². The maximum Gasteiger partial charge on any atom is 0.227 e. The Morgan fingerprint density at radius 1 is 1.26 bits per heavy atom. The molecule has 1 amide bonds. The van der Waals surface area contributed by atoms with Crippen molar-refractivity contribution in [2.75, 3.05) is 36.4 Å². The minimum Gasteiger partial charge on any atom is -0.343 e. The molecule has 2 aromatic rings. The number of amides is 1. The van der Waals surface area contributed by atoms with Crippen molar-refractivity contribution in [3.05, 3.63) is 42.1 Å². The third kappa shape index (κ3) is 4.56. The summed E-state index contributed by atoms with van der Waals surface area (Å²) in [7, 11) is 0. The highest BCUT2D eigenvalue weighted by Gasteiger charge is 2.29. The highest BCUT2D eigenvalue weighted by molar-refractivity contribution is 5.79. The molecule has 1 saturated heterocycles. The molecule has 1 unspecified atom stereocenters. The lowest BCUT2D eigenvalue weighted by molar-refractivity contribution is -0.135. The van der Waals surface area contributed by atoms with Gasteiger partial charge in [0.05, 0.1) is 5.92 Å². The molecule has 2 heterocycles. The average Bonchev–Trinajstić information content (AvgIpc) is 2.71. The van der Waals surface area contributed by atoms with Crippen LogP contribution in [0.15, 0.2) is 36.5 Å². The number of nitrogens with one attached hydrogen (secondary N) is 1. The molecule has 0 spiro atoms. The van der Waals surface area contributed by atoms with Crippen molar-refractivity contribution in [2.24, 2.45) is 5.92 Å². The van der Waals surface area contributed by atoms with E-state index in [-0.39, 0.29) is 11.8 Å². The Morgan fingerprint density at radius 2 is 2.00 bits per heavy atom. The second-order valence-corrected chi connectivity index (χ2v) is 6.99. The van der Waals surface area contributed by atoms with Gasteiger partial charge in [0.15, 0.2) is 0 Å². The second kappa shape index (κ2) is 8.84. The van der Waals surface area contributed by atoms with E-state index in [1.807, 2.05) is 62.2 Å². The van der Waals surface area contributed by atoms with Gasteiger partial charge in [0, 0.05) is 43.6 Å². The van der Waals surface area contributed by atoms with Crippen molar-refractivity contribution in [2.45, 2.75) is 33.6 Å². The van der Waals surface area contributed by atoms with Crippen LogP contribution in [0.4, 0.5) is 17.5 Å². The van der Waals surface area contributed by atoms with Gasteiger partial charge < -0.3 is 15.1 Å². The molecule has 1 aromatic carbocycles. The SMILES string of the molecule is CCN(CC)C(=O)C1CCCN(c2ncc(C)c(Nc3ccccc3)n2)C1. The first kappa shape index (κ1) is 19.1. The van der Waals surface area contributed by atoms with E-state index in [9.17, 15) is 4.79 Å². The molecule has 0 saturated carbocycles. The summed E-state index contributed by atoms with van der Waals surface area (Å²) in [5.74, 6) is 1.77. The summed E-state index contributed by atoms with van der Waals surface area (Å²) in [5.41, 5.74) is 1.99. The molecule has 0 radical (unpaired) electrons. The molecule has 1 aliphatic heterocycles. The summed E-state index contributed by atoms with van der Waals surface area (Å²) in [6, 6.07) is 10.0. The third-order valence-electron chi connectivity index (χ3n) is 5.12. The van der Waals surface area contributed by atoms with Crippen LogP contribution in [0.2, 0.25) is 0 Å². The summed E-state index contributed by atoms with van der Waals surface area (Å²) in [5, 5.41) is 3.37. The first-order chi connectivity index (χ1) is 13.1. The summed E-state index contributed by atoms with van der Waals surface area (Å²) in [6.07, 6.45) is 3.77. The number of carbonyl (C=O) groups excluding carboxylic acids is 1. The maximum absolute atomic E-state index is 12.7. The van der Waals surface area contributed by atoms with Gasteiger partial charge in [-0.25, -0.2) is 4.98 Å². The van der Waals surface area contributed by atoms with E-state index in [1.165, 1.54) is 0 Å². The van der Waals surface area contributed by atoms with Crippen LogP contribution in [0.3, 0.4) is 0 Å². The van der Waals surface area contributed by atoms with Gasteiger partial charge in [-0.05, 0) is 45.7 Å². The fraction of sp³-hybridized carbons (Fsp3) is 0.476. The number of benzene rings is 1. The molecule has 1 atom stereocenters. The van der Waals surface area contributed by atoms with Crippen molar-refractivity contribution >= 4 is 23.4 Å². The zero-order valence-electron chi connectivity index (χ0n) is 16.5. The fourth-order valence-electron chi connectivity index (χ4n) is 3.52. The first-order valence-electron chi connectivity index (χ1n) is 9.81. The largest absolute Gasteiger partial charge is 0.343 e. The van der Waals surface area contributed by atoms with Crippen LogP contribution in [-0.2, 0) is 4.79 Å². The molecule has 6 nitrogen and oxygen atoms in total. The van der Waals surface area contributed by atoms with E-state index in [4.69, 9.17) is 4.98 Å². The van der Waals surface area contributed by atoms with Crippen LogP contribution >= 0.6 is 0 Å². The molecule has 1 aliphatic rings. The van der Waals surface area contributed by atoms with Crippen molar-refractivity contribution < 1.29 is 4.79 Å². The number of rotatable bonds is 6. The van der Waals surface area contributed by atoms with E-state index in [0.717, 1.165) is 49.5 Å². The van der Waals surface area contributed by atoms with Gasteiger partial charge in [-0.15, -0.1) is 0 Å². The van der Waals surface area contributed by atoms with Crippen LogP contribution in [-0.4, -0.2) is 47.0 Å². The normalized spacial score (nSPS) is 16.9. The highest BCUT2D eigenvalue weighted by atomic mass is 16.2. The summed E-state index contributed by atoms with van der Waals surface area (Å²) < 4.78 is 0. The van der Waals surface area contributed by atoms with E-state index < -0.39 is 0 Å². The zero-order chi connectivity index (χ0) is 19.2. The van der Waals surface area contributed by atoms with Crippen LogP contribution < -0.4 is 10.2 Å². The number of para-hydroxylation sites is 1. The molecule has 0 aliphatic carbocycles. The van der Waals surface area contributed by atoms with Gasteiger partial charge >= 0.3 is 0 Å². The molecule has 6 heteroatoms. The predicted octanol–water partition coefficient (Wildman–Crippen LogP) is 3.61. The summed E-state index contributed by atoms with van der Waals surface area (Å²) in [4.78, 5) is 26.1. The van der Waals surface area contributed by atoms with E-state index in [0.29, 0.717) is 12.5 Å². The van der Waals surface area contributed by atoms with Crippen LogP contribution in [0, 0.1) is 12.8 Å². The quantitative estimate of drug-likeness (QED) is 0.845. The lowest BCUT2D eigenvalue weighted by atomic mass is 9.96. The smallest absolute Gasteiger partial charge is 0.227 e. The Hall–Kier alpha value is -2.63. The fourth-order valence-corrected chi connectivity index (χ4v) is 3.52. The molecular formula is C21H29N5O. The lowest BCUT2D eigenvalue weighted by Crippen LogP contribution is -2.45. The molecule has 1 N–H and O–H groups in total. The number of carbonyl (C=O) groups is 1. The number of aromatic nitrogens is 2. The highest BCUT2D eigenvalue weighted by Crippen LogP contribution is 2.25. The van der Waals surface area contributed by atoms with Gasteiger partial charge in [-0.2, -0.15) is 4.98 Å². The molecule has 144 valence electrons. The number of hydrogen-bond acceptors (Lipinski definition) is 5. The van der Waals surface area contributed by atoms with Gasteiger partial charge in [0.1, 0.15) is 5.82 Å². The molecule has 1 aromatic heterocycles. The van der Waals surface area contributed by atoms with E-state index in [1.54, 1.807) is 0 Å². The van der Waals surface area contributed by atoms with Crippen molar-refractivity contribution in [3.8, 4) is 0 Å². The first-order valence-corrected chi connectivity index (χ1v) is 9.81. The molecule has 27 heavy (non-hydrogen) atoms. The second-order valence-electron chi connectivity index (χ2n) is 6.99. The third-order valence-corrected chi connectivity index (χ3v) is 5.12. The van der Waals surface area contributed by atoms with Gasteiger partial charge in [0.25, 0.3) is 0 Å². The standard InChI is InChI=1S/C21H29N5O/c1-4-25(5-2)20(27)17-10-9-13-26(15-17)21-22-14-16(3)19(24-21)23-18-11-7-6-8-12-18/h6-8,11-12,14,17H,4-5,9-10,13,15H2,1-3H3,(H,22,23,24). The number of anilines is 3. The van der Waals surface area contributed by atoms with Crippen molar-refractivity contribution in [3.63, 3.8) is 0 Å². The van der Waals surface area contributed by atoms with Crippen molar-refractivity contribution in [1.82, 2.24) is 14.9 Å². The maximum atomic E-state index is 12.7. The Balaban J connectivity index is 1.75. The summed E-state index contributed by atoms with van der Waals surface area (Å²) >= 11 is 0. The van der Waals surface area contributed by atoms with Gasteiger partial charge in [-0.1, -0.05) is 18.2 Å². The average molecular weight is 367 g/mol. The van der Waals surface area contributed by atoms with E-state index in [2.05, 4.69) is 15.2 Å². The number of nitrogens with zero attached hydrogens (tertiary/aromatic N) is 4. The summed E-state index contributed by atoms with van der Waals surface area (Å²) in [6.45, 7) is 9.16. The monoisotopic (exact) mass is 367 g/mol. The lowest BCUT2D eigenvalue weighted by Gasteiger charge is -2.34. The Kier molecular flexibility index (Phi) is 6.27. The number of aryl methyl sites for hydroxylation is 1. The van der Waals surface area contributed by atoms with Gasteiger partial charge in [0.2, 0.25) is 11.9 Å². The molecule has 1 fully saturated rings. The van der Waals surface area contributed by atoms with Crippen LogP contribution in [0.1, 0.15) is 32.3 Å². The van der Waals surface area contributed by atoms with E-state index >= 15 is 0 Å². The Labute approximate surface area is 161 Å². The Bertz CT molecular complexity index is 760. The van der Waals surface area contributed by atoms with Crippen LogP contribution in [0.5, 0.6) is 0 Å². The minimum absolute atomic E-state index is 0.0223. The Morgan fingerprint density at radius 3 is 2.70 bits per heavy atom. The number of hydrogen-bond donors (Lipinski definition) is 1. The predicted molar refractivity (Wildman–Crippen MR) is 109 cm³/mol. The molecular weight excluding hydrogens is 338 g/mol. The molecule has 3 rings (SSSR count).